The zero-order chi connectivity index (χ0) is 11.5. The number of rotatable bonds is 3. The predicted octanol–water partition coefficient (Wildman–Crippen LogP) is 2.64. The van der Waals surface area contributed by atoms with Crippen molar-refractivity contribution in [2.45, 2.75) is 6.92 Å². The second kappa shape index (κ2) is 4.18. The van der Waals surface area contributed by atoms with Gasteiger partial charge in [-0.3, -0.25) is 4.68 Å². The SMILES string of the molecule is C=Nc1[nH]ccc1/C=C(\C)c1cnn(C)c1. The number of aliphatic imine (C=N–C) groups is 1. The van der Waals surface area contributed by atoms with Crippen molar-refractivity contribution in [2.75, 3.05) is 0 Å². The van der Waals surface area contributed by atoms with Crippen LogP contribution in [0.15, 0.2) is 29.6 Å². The lowest BCUT2D eigenvalue weighted by Crippen LogP contribution is -1.84. The summed E-state index contributed by atoms with van der Waals surface area (Å²) in [6, 6.07) is 1.98. The standard InChI is InChI=1S/C12H14N4/c1-9(11-7-15-16(3)8-11)6-10-4-5-14-12(10)13-2/h4-8,14H,2H2,1,3H3/b9-6+. The maximum absolute atomic E-state index is 4.14. The van der Waals surface area contributed by atoms with Gasteiger partial charge < -0.3 is 4.98 Å². The quantitative estimate of drug-likeness (QED) is 0.784. The van der Waals surface area contributed by atoms with E-state index in [2.05, 4.69) is 34.8 Å². The number of aryl methyl sites for hydroxylation is 1. The topological polar surface area (TPSA) is 46.0 Å². The molecule has 16 heavy (non-hydrogen) atoms. The fourth-order valence-electron chi connectivity index (χ4n) is 1.57. The van der Waals surface area contributed by atoms with Crippen LogP contribution in [0.1, 0.15) is 18.1 Å². The second-order valence-electron chi connectivity index (χ2n) is 3.67. The first-order valence-corrected chi connectivity index (χ1v) is 5.02. The van der Waals surface area contributed by atoms with Gasteiger partial charge in [-0.25, -0.2) is 4.99 Å². The van der Waals surface area contributed by atoms with Crippen molar-refractivity contribution < 1.29 is 0 Å². The van der Waals surface area contributed by atoms with E-state index < -0.39 is 0 Å². The van der Waals surface area contributed by atoms with Gasteiger partial charge in [0.1, 0.15) is 5.82 Å². The average molecular weight is 214 g/mol. The highest BCUT2D eigenvalue weighted by Crippen LogP contribution is 2.22. The van der Waals surface area contributed by atoms with Crippen molar-refractivity contribution in [3.63, 3.8) is 0 Å². The van der Waals surface area contributed by atoms with Crippen molar-refractivity contribution in [2.24, 2.45) is 12.0 Å². The molecule has 0 aliphatic heterocycles. The first-order chi connectivity index (χ1) is 7.70. The molecule has 4 heteroatoms. The van der Waals surface area contributed by atoms with E-state index in [1.807, 2.05) is 31.7 Å². The van der Waals surface area contributed by atoms with E-state index in [1.165, 1.54) is 0 Å². The number of aromatic nitrogens is 3. The Hall–Kier alpha value is -2.10. The van der Waals surface area contributed by atoms with Gasteiger partial charge in [0.2, 0.25) is 0 Å². The summed E-state index contributed by atoms with van der Waals surface area (Å²) in [5.74, 6) is 0.795. The maximum Gasteiger partial charge on any atom is 0.136 e. The summed E-state index contributed by atoms with van der Waals surface area (Å²) in [6.45, 7) is 5.57. The van der Waals surface area contributed by atoms with E-state index in [9.17, 15) is 0 Å². The molecular weight excluding hydrogens is 200 g/mol. The molecule has 0 saturated carbocycles. The van der Waals surface area contributed by atoms with E-state index in [1.54, 1.807) is 4.68 Å². The molecule has 0 atom stereocenters. The van der Waals surface area contributed by atoms with Gasteiger partial charge in [0.15, 0.2) is 0 Å². The number of hydrogen-bond acceptors (Lipinski definition) is 2. The van der Waals surface area contributed by atoms with Crippen LogP contribution in [0.4, 0.5) is 5.82 Å². The minimum absolute atomic E-state index is 0.795. The molecule has 0 bridgehead atoms. The van der Waals surface area contributed by atoms with Crippen LogP contribution in [0.5, 0.6) is 0 Å². The van der Waals surface area contributed by atoms with Crippen molar-refractivity contribution in [3.8, 4) is 0 Å². The van der Waals surface area contributed by atoms with Crippen LogP contribution in [-0.4, -0.2) is 21.5 Å². The van der Waals surface area contributed by atoms with Crippen LogP contribution in [0.2, 0.25) is 0 Å². The molecule has 82 valence electrons. The highest BCUT2D eigenvalue weighted by molar-refractivity contribution is 5.82. The zero-order valence-electron chi connectivity index (χ0n) is 9.44. The van der Waals surface area contributed by atoms with E-state index in [0.29, 0.717) is 0 Å². The van der Waals surface area contributed by atoms with E-state index in [0.717, 1.165) is 22.5 Å². The summed E-state index contributed by atoms with van der Waals surface area (Å²) < 4.78 is 1.79. The fraction of sp³-hybridized carbons (Fsp3) is 0.167. The van der Waals surface area contributed by atoms with Crippen LogP contribution in [0.3, 0.4) is 0 Å². The van der Waals surface area contributed by atoms with E-state index in [-0.39, 0.29) is 0 Å². The second-order valence-corrected chi connectivity index (χ2v) is 3.67. The third-order valence-electron chi connectivity index (χ3n) is 2.45. The number of nitrogens with one attached hydrogen (secondary N) is 1. The van der Waals surface area contributed by atoms with E-state index in [4.69, 9.17) is 0 Å². The average Bonchev–Trinajstić information content (AvgIpc) is 2.86. The highest BCUT2D eigenvalue weighted by Gasteiger charge is 2.02. The number of H-pyrrole nitrogens is 1. The van der Waals surface area contributed by atoms with Gasteiger partial charge in [0.25, 0.3) is 0 Å². The molecule has 0 unspecified atom stereocenters. The summed E-state index contributed by atoms with van der Waals surface area (Å²) in [4.78, 5) is 6.93. The molecule has 2 heterocycles. The van der Waals surface area contributed by atoms with Gasteiger partial charge in [0, 0.05) is 30.6 Å². The van der Waals surface area contributed by atoms with Crippen molar-refractivity contribution in [1.29, 1.82) is 0 Å². The van der Waals surface area contributed by atoms with Crippen LogP contribution < -0.4 is 0 Å². The lowest BCUT2D eigenvalue weighted by Gasteiger charge is -1.96. The van der Waals surface area contributed by atoms with Gasteiger partial charge >= 0.3 is 0 Å². The monoisotopic (exact) mass is 214 g/mol. The summed E-state index contributed by atoms with van der Waals surface area (Å²) >= 11 is 0. The number of allylic oxidation sites excluding steroid dienone is 1. The Labute approximate surface area is 94.3 Å². The summed E-state index contributed by atoms with van der Waals surface area (Å²) in [7, 11) is 1.91. The molecule has 2 aromatic heterocycles. The molecule has 0 spiro atoms. The van der Waals surface area contributed by atoms with Gasteiger partial charge in [0.05, 0.1) is 6.20 Å². The Balaban J connectivity index is 2.34. The molecule has 0 fully saturated rings. The fourth-order valence-corrected chi connectivity index (χ4v) is 1.57. The minimum Gasteiger partial charge on any atom is -0.346 e. The Bertz CT molecular complexity index is 531. The number of aromatic amines is 1. The molecule has 0 aromatic carbocycles. The molecule has 2 rings (SSSR count). The summed E-state index contributed by atoms with van der Waals surface area (Å²) in [6.07, 6.45) is 7.75. The molecule has 0 saturated heterocycles. The summed E-state index contributed by atoms with van der Waals surface area (Å²) in [5, 5.41) is 4.14. The van der Waals surface area contributed by atoms with Crippen LogP contribution in [0.25, 0.3) is 11.6 Å². The Morgan fingerprint density at radius 1 is 1.62 bits per heavy atom. The van der Waals surface area contributed by atoms with Gasteiger partial charge in [-0.15, -0.1) is 0 Å². The summed E-state index contributed by atoms with van der Waals surface area (Å²) in [5.41, 5.74) is 3.30. The van der Waals surface area contributed by atoms with Crippen molar-refractivity contribution in [1.82, 2.24) is 14.8 Å². The van der Waals surface area contributed by atoms with Crippen LogP contribution >= 0.6 is 0 Å². The Morgan fingerprint density at radius 3 is 3.06 bits per heavy atom. The molecule has 1 N–H and O–H groups in total. The number of nitrogens with zero attached hydrogens (tertiary/aromatic N) is 3. The number of hydrogen-bond donors (Lipinski definition) is 1. The van der Waals surface area contributed by atoms with Gasteiger partial charge in [-0.2, -0.15) is 5.10 Å². The Kier molecular flexibility index (Phi) is 2.72. The third kappa shape index (κ3) is 1.95. The normalized spacial score (nSPS) is 11.8. The molecular formula is C12H14N4. The predicted molar refractivity (Wildman–Crippen MR) is 66.8 cm³/mol. The molecule has 0 aliphatic rings. The molecule has 0 radical (unpaired) electrons. The maximum atomic E-state index is 4.14. The molecule has 4 nitrogen and oxygen atoms in total. The van der Waals surface area contributed by atoms with Gasteiger partial charge in [-0.05, 0) is 31.4 Å². The van der Waals surface area contributed by atoms with Crippen LogP contribution in [0, 0.1) is 0 Å². The lowest BCUT2D eigenvalue weighted by molar-refractivity contribution is 0.767. The Morgan fingerprint density at radius 2 is 2.44 bits per heavy atom. The van der Waals surface area contributed by atoms with Crippen molar-refractivity contribution >= 4 is 24.2 Å². The highest BCUT2D eigenvalue weighted by atomic mass is 15.2. The molecule has 2 aromatic rings. The minimum atomic E-state index is 0.795. The smallest absolute Gasteiger partial charge is 0.136 e. The molecule has 0 aliphatic carbocycles. The largest absolute Gasteiger partial charge is 0.346 e. The first kappa shape index (κ1) is 10.4. The molecule has 0 amide bonds. The van der Waals surface area contributed by atoms with E-state index >= 15 is 0 Å². The van der Waals surface area contributed by atoms with Gasteiger partial charge in [-0.1, -0.05) is 0 Å². The lowest BCUT2D eigenvalue weighted by atomic mass is 10.1. The zero-order valence-corrected chi connectivity index (χ0v) is 9.44. The van der Waals surface area contributed by atoms with Crippen LogP contribution in [-0.2, 0) is 7.05 Å². The van der Waals surface area contributed by atoms with Crippen molar-refractivity contribution in [3.05, 3.63) is 35.8 Å². The first-order valence-electron chi connectivity index (χ1n) is 5.02. The third-order valence-corrected chi connectivity index (χ3v) is 2.45.